The van der Waals surface area contributed by atoms with Gasteiger partial charge in [0.1, 0.15) is 5.82 Å². The molecule has 4 rings (SSSR count). The van der Waals surface area contributed by atoms with E-state index in [9.17, 15) is 4.79 Å². The summed E-state index contributed by atoms with van der Waals surface area (Å²) in [5.74, 6) is 2.34. The van der Waals surface area contributed by atoms with E-state index in [4.69, 9.17) is 0 Å². The van der Waals surface area contributed by atoms with Gasteiger partial charge in [0.25, 0.3) is 5.56 Å². The minimum absolute atomic E-state index is 0.0546. The molecule has 0 amide bonds. The topological polar surface area (TPSA) is 51.0 Å². The molecule has 1 aromatic heterocycles. The van der Waals surface area contributed by atoms with E-state index < -0.39 is 0 Å². The van der Waals surface area contributed by atoms with Crippen molar-refractivity contribution >= 4 is 5.82 Å². The van der Waals surface area contributed by atoms with E-state index in [1.165, 1.54) is 32.1 Å². The monoisotopic (exact) mass is 274 g/mol. The van der Waals surface area contributed by atoms with Gasteiger partial charge in [-0.25, -0.2) is 0 Å². The zero-order chi connectivity index (χ0) is 13.7. The molecule has 5 nitrogen and oxygen atoms in total. The zero-order valence-electron chi connectivity index (χ0n) is 12.1. The molecule has 2 saturated carbocycles. The summed E-state index contributed by atoms with van der Waals surface area (Å²) in [4.78, 5) is 14.6. The van der Waals surface area contributed by atoms with E-state index >= 15 is 0 Å². The molecule has 0 atom stereocenters. The minimum Gasteiger partial charge on any atom is -0.353 e. The fraction of sp³-hybridized carbons (Fsp3) is 0.800. The second kappa shape index (κ2) is 4.30. The Morgan fingerprint density at radius 3 is 2.85 bits per heavy atom. The summed E-state index contributed by atoms with van der Waals surface area (Å²) in [7, 11) is 2.01. The Balaban J connectivity index is 1.60. The number of nitrogens with zero attached hydrogens (tertiary/aromatic N) is 4. The molecule has 2 fully saturated rings. The van der Waals surface area contributed by atoms with Gasteiger partial charge in [-0.2, -0.15) is 0 Å². The molecule has 20 heavy (non-hydrogen) atoms. The standard InChI is InChI=1S/C15H22N4O/c1-18(10-15-6-4-11(9-15)5-7-15)13-14(20)19-8-2-3-12(19)16-17-13/h11H,2-10H2,1H3. The summed E-state index contributed by atoms with van der Waals surface area (Å²) in [5, 5.41) is 8.46. The summed E-state index contributed by atoms with van der Waals surface area (Å²) >= 11 is 0. The summed E-state index contributed by atoms with van der Waals surface area (Å²) in [6.07, 6.45) is 8.65. The Kier molecular flexibility index (Phi) is 2.66. The molecule has 0 unspecified atom stereocenters. The molecule has 108 valence electrons. The van der Waals surface area contributed by atoms with E-state index in [0.717, 1.165) is 37.7 Å². The van der Waals surface area contributed by atoms with Gasteiger partial charge in [0, 0.05) is 26.6 Å². The first-order valence-corrected chi connectivity index (χ1v) is 7.84. The molecule has 1 aliphatic heterocycles. The van der Waals surface area contributed by atoms with Gasteiger partial charge >= 0.3 is 0 Å². The third-order valence-corrected chi connectivity index (χ3v) is 5.61. The van der Waals surface area contributed by atoms with Crippen molar-refractivity contribution in [2.24, 2.45) is 11.3 Å². The van der Waals surface area contributed by atoms with Crippen molar-refractivity contribution in [3.8, 4) is 0 Å². The van der Waals surface area contributed by atoms with Crippen LogP contribution in [0.5, 0.6) is 0 Å². The molecule has 0 radical (unpaired) electrons. The molecule has 0 aromatic carbocycles. The molecule has 5 heteroatoms. The molecule has 2 heterocycles. The highest BCUT2D eigenvalue weighted by Crippen LogP contribution is 2.54. The average Bonchev–Trinajstić information content (AvgIpc) is 3.13. The fourth-order valence-corrected chi connectivity index (χ4v) is 4.60. The van der Waals surface area contributed by atoms with Gasteiger partial charge in [-0.3, -0.25) is 9.36 Å². The van der Waals surface area contributed by atoms with Gasteiger partial charge in [0.05, 0.1) is 0 Å². The van der Waals surface area contributed by atoms with E-state index in [-0.39, 0.29) is 5.56 Å². The minimum atomic E-state index is 0.0546. The molecular formula is C15H22N4O. The van der Waals surface area contributed by atoms with Crippen LogP contribution in [0.25, 0.3) is 0 Å². The fourth-order valence-electron chi connectivity index (χ4n) is 4.60. The van der Waals surface area contributed by atoms with Gasteiger partial charge in [-0.15, -0.1) is 10.2 Å². The second-order valence-corrected chi connectivity index (χ2v) is 7.00. The van der Waals surface area contributed by atoms with Crippen molar-refractivity contribution in [3.05, 3.63) is 16.2 Å². The van der Waals surface area contributed by atoms with Gasteiger partial charge in [0.15, 0.2) is 0 Å². The van der Waals surface area contributed by atoms with Crippen LogP contribution in [0.15, 0.2) is 4.79 Å². The Morgan fingerprint density at radius 1 is 1.35 bits per heavy atom. The van der Waals surface area contributed by atoms with Gasteiger partial charge in [-0.05, 0) is 49.9 Å². The SMILES string of the molecule is CN(CC12CCC(CC1)C2)c1nnc2n(c1=O)CCC2. The van der Waals surface area contributed by atoms with Gasteiger partial charge in [0.2, 0.25) is 5.82 Å². The molecule has 0 spiro atoms. The predicted octanol–water partition coefficient (Wildman–Crippen LogP) is 1.60. The lowest BCUT2D eigenvalue weighted by molar-refractivity contribution is 0.301. The number of hydrogen-bond acceptors (Lipinski definition) is 4. The summed E-state index contributed by atoms with van der Waals surface area (Å²) in [5.41, 5.74) is 0.496. The lowest BCUT2D eigenvalue weighted by Gasteiger charge is -2.31. The highest BCUT2D eigenvalue weighted by Gasteiger charge is 2.45. The predicted molar refractivity (Wildman–Crippen MR) is 76.9 cm³/mol. The molecule has 3 aliphatic rings. The molecule has 2 aliphatic carbocycles. The Labute approximate surface area is 119 Å². The van der Waals surface area contributed by atoms with Gasteiger partial charge in [-0.1, -0.05) is 0 Å². The van der Waals surface area contributed by atoms with Crippen LogP contribution >= 0.6 is 0 Å². The normalized spacial score (nSPS) is 30.8. The maximum Gasteiger partial charge on any atom is 0.296 e. The Morgan fingerprint density at radius 2 is 2.15 bits per heavy atom. The quantitative estimate of drug-likeness (QED) is 0.840. The van der Waals surface area contributed by atoms with Crippen molar-refractivity contribution in [1.82, 2.24) is 14.8 Å². The van der Waals surface area contributed by atoms with Crippen molar-refractivity contribution in [3.63, 3.8) is 0 Å². The maximum atomic E-state index is 12.5. The Bertz CT molecular complexity index is 586. The highest BCUT2D eigenvalue weighted by molar-refractivity contribution is 5.35. The highest BCUT2D eigenvalue weighted by atomic mass is 16.1. The number of hydrogen-bond donors (Lipinski definition) is 0. The summed E-state index contributed by atoms with van der Waals surface area (Å²) in [6.45, 7) is 1.77. The van der Waals surface area contributed by atoms with Crippen LogP contribution in [0.4, 0.5) is 5.82 Å². The smallest absolute Gasteiger partial charge is 0.296 e. The second-order valence-electron chi connectivity index (χ2n) is 7.00. The van der Waals surface area contributed by atoms with Crippen molar-refractivity contribution in [2.45, 2.75) is 51.5 Å². The first-order chi connectivity index (χ1) is 9.67. The first-order valence-electron chi connectivity index (χ1n) is 7.84. The van der Waals surface area contributed by atoms with E-state index in [1.807, 2.05) is 11.6 Å². The first kappa shape index (κ1) is 12.4. The zero-order valence-corrected chi connectivity index (χ0v) is 12.1. The average molecular weight is 274 g/mol. The van der Waals surface area contributed by atoms with Crippen LogP contribution in [0.1, 0.15) is 44.3 Å². The lowest BCUT2D eigenvalue weighted by atomic mass is 9.84. The van der Waals surface area contributed by atoms with Crippen LogP contribution in [-0.4, -0.2) is 28.4 Å². The van der Waals surface area contributed by atoms with Crippen LogP contribution in [0, 0.1) is 11.3 Å². The van der Waals surface area contributed by atoms with Gasteiger partial charge < -0.3 is 4.90 Å². The van der Waals surface area contributed by atoms with Crippen LogP contribution in [-0.2, 0) is 13.0 Å². The van der Waals surface area contributed by atoms with Crippen molar-refractivity contribution in [2.75, 3.05) is 18.5 Å². The summed E-state index contributed by atoms with van der Waals surface area (Å²) in [6, 6.07) is 0. The van der Waals surface area contributed by atoms with E-state index in [2.05, 4.69) is 15.1 Å². The van der Waals surface area contributed by atoms with E-state index in [1.54, 1.807) is 0 Å². The molecule has 1 aromatic rings. The number of aryl methyl sites for hydroxylation is 1. The van der Waals surface area contributed by atoms with Crippen LogP contribution in [0.3, 0.4) is 0 Å². The lowest BCUT2D eigenvalue weighted by Crippen LogP contribution is -2.38. The maximum absolute atomic E-state index is 12.5. The molecule has 0 N–H and O–H groups in total. The van der Waals surface area contributed by atoms with E-state index in [0.29, 0.717) is 11.2 Å². The van der Waals surface area contributed by atoms with Crippen molar-refractivity contribution in [1.29, 1.82) is 0 Å². The largest absolute Gasteiger partial charge is 0.353 e. The number of fused-ring (bicyclic) bond motifs is 3. The third kappa shape index (κ3) is 1.79. The number of aromatic nitrogens is 3. The third-order valence-electron chi connectivity index (χ3n) is 5.61. The molecular weight excluding hydrogens is 252 g/mol. The van der Waals surface area contributed by atoms with Crippen LogP contribution < -0.4 is 10.5 Å². The van der Waals surface area contributed by atoms with Crippen molar-refractivity contribution < 1.29 is 0 Å². The van der Waals surface area contributed by atoms with Crippen LogP contribution in [0.2, 0.25) is 0 Å². The number of anilines is 1. The Hall–Kier alpha value is -1.39. The molecule has 2 bridgehead atoms. The molecule has 0 saturated heterocycles. The summed E-state index contributed by atoms with van der Waals surface area (Å²) < 4.78 is 1.81. The number of rotatable bonds is 3.